The SMILES string of the molecule is CCCCCCCCn1c(=O)c(OC(C)=O)c(OCCCC)c2ccc(OC)cc21. The summed E-state index contributed by atoms with van der Waals surface area (Å²) in [6.45, 7) is 6.56. The van der Waals surface area contributed by atoms with Crippen LogP contribution in [0.2, 0.25) is 0 Å². The number of ether oxygens (including phenoxy) is 3. The molecular weight excluding hydrogens is 382 g/mol. The van der Waals surface area contributed by atoms with Crippen molar-refractivity contribution in [2.24, 2.45) is 0 Å². The van der Waals surface area contributed by atoms with Gasteiger partial charge in [0.1, 0.15) is 5.75 Å². The molecular formula is C24H35NO5. The third-order valence-electron chi connectivity index (χ3n) is 5.11. The number of hydrogen-bond donors (Lipinski definition) is 0. The predicted molar refractivity (Wildman–Crippen MR) is 120 cm³/mol. The fourth-order valence-corrected chi connectivity index (χ4v) is 3.47. The molecule has 2 rings (SSSR count). The number of methoxy groups -OCH3 is 1. The van der Waals surface area contributed by atoms with Gasteiger partial charge in [-0.05, 0) is 25.0 Å². The molecule has 1 aromatic carbocycles. The van der Waals surface area contributed by atoms with Crippen LogP contribution in [-0.4, -0.2) is 24.3 Å². The highest BCUT2D eigenvalue weighted by atomic mass is 16.6. The third-order valence-corrected chi connectivity index (χ3v) is 5.11. The average Bonchev–Trinajstić information content (AvgIpc) is 2.74. The van der Waals surface area contributed by atoms with Crippen LogP contribution in [0.25, 0.3) is 10.9 Å². The number of hydrogen-bond acceptors (Lipinski definition) is 5. The van der Waals surface area contributed by atoms with Crippen LogP contribution in [-0.2, 0) is 11.3 Å². The van der Waals surface area contributed by atoms with Gasteiger partial charge in [0.25, 0.3) is 5.56 Å². The van der Waals surface area contributed by atoms with Crippen molar-refractivity contribution in [3.63, 3.8) is 0 Å². The molecule has 0 radical (unpaired) electrons. The van der Waals surface area contributed by atoms with E-state index in [1.54, 1.807) is 11.7 Å². The Kier molecular flexibility index (Phi) is 9.71. The fraction of sp³-hybridized carbons (Fsp3) is 0.583. The molecule has 0 saturated heterocycles. The van der Waals surface area contributed by atoms with Crippen LogP contribution < -0.4 is 19.8 Å². The number of esters is 1. The minimum Gasteiger partial charge on any atom is -0.497 e. The van der Waals surface area contributed by atoms with Gasteiger partial charge in [-0.1, -0.05) is 52.4 Å². The molecule has 6 nitrogen and oxygen atoms in total. The van der Waals surface area contributed by atoms with E-state index in [2.05, 4.69) is 13.8 Å². The smallest absolute Gasteiger partial charge is 0.308 e. The number of pyridine rings is 1. The van der Waals surface area contributed by atoms with Gasteiger partial charge >= 0.3 is 5.97 Å². The Morgan fingerprint density at radius 2 is 1.67 bits per heavy atom. The van der Waals surface area contributed by atoms with Crippen molar-refractivity contribution < 1.29 is 19.0 Å². The van der Waals surface area contributed by atoms with Crippen molar-refractivity contribution >= 4 is 16.9 Å². The summed E-state index contributed by atoms with van der Waals surface area (Å²) in [5.41, 5.74) is 0.390. The molecule has 30 heavy (non-hydrogen) atoms. The van der Waals surface area contributed by atoms with Gasteiger partial charge in [-0.2, -0.15) is 0 Å². The monoisotopic (exact) mass is 417 g/mol. The molecule has 0 N–H and O–H groups in total. The highest BCUT2D eigenvalue weighted by Crippen LogP contribution is 2.35. The van der Waals surface area contributed by atoms with Gasteiger partial charge in [-0.15, -0.1) is 0 Å². The van der Waals surface area contributed by atoms with Gasteiger partial charge in [0.05, 0.1) is 19.2 Å². The van der Waals surface area contributed by atoms with Crippen molar-refractivity contribution in [1.29, 1.82) is 0 Å². The number of aromatic nitrogens is 1. The Hall–Kier alpha value is -2.50. The minimum absolute atomic E-state index is 0.0257. The molecule has 0 aliphatic rings. The number of fused-ring (bicyclic) bond motifs is 1. The van der Waals surface area contributed by atoms with Gasteiger partial charge in [0.15, 0.2) is 5.75 Å². The van der Waals surface area contributed by atoms with Crippen LogP contribution in [0.4, 0.5) is 0 Å². The summed E-state index contributed by atoms with van der Waals surface area (Å²) >= 11 is 0. The first-order chi connectivity index (χ1) is 14.5. The van der Waals surface area contributed by atoms with E-state index in [1.807, 2.05) is 18.2 Å². The van der Waals surface area contributed by atoms with Gasteiger partial charge in [0.2, 0.25) is 5.75 Å². The Labute approximate surface area is 179 Å². The lowest BCUT2D eigenvalue weighted by Crippen LogP contribution is -2.25. The third kappa shape index (κ3) is 6.25. The molecule has 0 spiro atoms. The molecule has 1 aromatic heterocycles. The molecule has 0 unspecified atom stereocenters. The largest absolute Gasteiger partial charge is 0.497 e. The van der Waals surface area contributed by atoms with Crippen molar-refractivity contribution in [1.82, 2.24) is 4.57 Å². The molecule has 0 saturated carbocycles. The Bertz CT molecular complexity index is 887. The molecule has 0 aliphatic heterocycles. The molecule has 0 fully saturated rings. The molecule has 6 heteroatoms. The molecule has 0 bridgehead atoms. The van der Waals surface area contributed by atoms with Crippen molar-refractivity contribution in [2.75, 3.05) is 13.7 Å². The number of benzene rings is 1. The summed E-state index contributed by atoms with van der Waals surface area (Å²) in [7, 11) is 1.60. The topological polar surface area (TPSA) is 66.8 Å². The van der Waals surface area contributed by atoms with Crippen molar-refractivity contribution in [2.45, 2.75) is 78.7 Å². The summed E-state index contributed by atoms with van der Waals surface area (Å²) in [6, 6.07) is 5.53. The van der Waals surface area contributed by atoms with Crippen LogP contribution in [0.15, 0.2) is 23.0 Å². The Morgan fingerprint density at radius 1 is 0.967 bits per heavy atom. The van der Waals surface area contributed by atoms with Gasteiger partial charge < -0.3 is 18.8 Å². The van der Waals surface area contributed by atoms with Crippen LogP contribution in [0, 0.1) is 0 Å². The Morgan fingerprint density at radius 3 is 2.33 bits per heavy atom. The zero-order valence-corrected chi connectivity index (χ0v) is 18.8. The molecule has 166 valence electrons. The first-order valence-corrected chi connectivity index (χ1v) is 11.1. The maximum absolute atomic E-state index is 13.3. The van der Waals surface area contributed by atoms with Gasteiger partial charge in [0, 0.05) is 24.9 Å². The van der Waals surface area contributed by atoms with Crippen LogP contribution in [0.5, 0.6) is 17.2 Å². The lowest BCUT2D eigenvalue weighted by Gasteiger charge is -2.18. The number of aryl methyl sites for hydroxylation is 1. The standard InChI is InChI=1S/C24H35NO5/c1-5-7-9-10-11-12-15-25-21-17-19(28-4)13-14-20(21)22(29-16-8-6-2)23(24(25)27)30-18(3)26/h13-14,17H,5-12,15-16H2,1-4H3. The van der Waals surface area contributed by atoms with Crippen molar-refractivity contribution in [3.8, 4) is 17.2 Å². The second kappa shape index (κ2) is 12.3. The van der Waals surface area contributed by atoms with E-state index >= 15 is 0 Å². The summed E-state index contributed by atoms with van der Waals surface area (Å²) < 4.78 is 18.3. The van der Waals surface area contributed by atoms with Gasteiger partial charge in [-0.3, -0.25) is 9.59 Å². The zero-order valence-electron chi connectivity index (χ0n) is 18.8. The molecule has 0 amide bonds. The van der Waals surface area contributed by atoms with E-state index in [-0.39, 0.29) is 11.3 Å². The number of nitrogens with zero attached hydrogens (tertiary/aromatic N) is 1. The maximum atomic E-state index is 13.3. The highest BCUT2D eigenvalue weighted by molar-refractivity contribution is 5.90. The van der Waals surface area contributed by atoms with Crippen LogP contribution in [0.3, 0.4) is 0 Å². The molecule has 0 aliphatic carbocycles. The van der Waals surface area contributed by atoms with E-state index in [9.17, 15) is 9.59 Å². The summed E-state index contributed by atoms with van der Waals surface area (Å²) in [6.07, 6.45) is 8.54. The predicted octanol–water partition coefficient (Wildman–Crippen LogP) is 5.47. The lowest BCUT2D eigenvalue weighted by atomic mass is 10.1. The molecule has 2 aromatic rings. The average molecular weight is 418 g/mol. The second-order valence-electron chi connectivity index (χ2n) is 7.56. The Balaban J connectivity index is 2.48. The summed E-state index contributed by atoms with van der Waals surface area (Å²) in [4.78, 5) is 25.0. The number of carbonyl (C=O) groups excluding carboxylic acids is 1. The summed E-state index contributed by atoms with van der Waals surface area (Å²) in [5.74, 6) is 0.438. The quantitative estimate of drug-likeness (QED) is 0.319. The van der Waals surface area contributed by atoms with Crippen LogP contribution >= 0.6 is 0 Å². The van der Waals surface area contributed by atoms with E-state index in [4.69, 9.17) is 14.2 Å². The van der Waals surface area contributed by atoms with E-state index in [0.717, 1.165) is 43.0 Å². The lowest BCUT2D eigenvalue weighted by molar-refractivity contribution is -0.132. The zero-order chi connectivity index (χ0) is 21.9. The number of carbonyl (C=O) groups is 1. The van der Waals surface area contributed by atoms with Gasteiger partial charge in [-0.25, -0.2) is 0 Å². The first kappa shape index (κ1) is 23.8. The maximum Gasteiger partial charge on any atom is 0.308 e. The minimum atomic E-state index is -0.536. The number of unbranched alkanes of at least 4 members (excludes halogenated alkanes) is 6. The summed E-state index contributed by atoms with van der Waals surface area (Å²) in [5, 5.41) is 0.744. The number of rotatable bonds is 13. The fourth-order valence-electron chi connectivity index (χ4n) is 3.47. The normalized spacial score (nSPS) is 10.9. The molecule has 0 atom stereocenters. The van der Waals surface area contributed by atoms with E-state index in [1.165, 1.54) is 26.2 Å². The van der Waals surface area contributed by atoms with E-state index < -0.39 is 5.97 Å². The van der Waals surface area contributed by atoms with Crippen LogP contribution in [0.1, 0.15) is 72.1 Å². The van der Waals surface area contributed by atoms with Crippen molar-refractivity contribution in [3.05, 3.63) is 28.6 Å². The first-order valence-electron chi connectivity index (χ1n) is 11.1. The highest BCUT2D eigenvalue weighted by Gasteiger charge is 2.21. The second-order valence-corrected chi connectivity index (χ2v) is 7.56. The molecule has 1 heterocycles. The van der Waals surface area contributed by atoms with E-state index in [0.29, 0.717) is 24.7 Å².